The highest BCUT2D eigenvalue weighted by Crippen LogP contribution is 2.16. The van der Waals surface area contributed by atoms with Gasteiger partial charge in [0, 0.05) is 17.2 Å². The number of carbonyl (C=O) groups is 1. The number of aryl methyl sites for hydroxylation is 1. The lowest BCUT2D eigenvalue weighted by Crippen LogP contribution is -2.31. The Morgan fingerprint density at radius 2 is 2.23 bits per heavy atom. The monoisotopic (exact) mass is 331 g/mol. The summed E-state index contributed by atoms with van der Waals surface area (Å²) in [7, 11) is 0. The summed E-state index contributed by atoms with van der Waals surface area (Å²) >= 11 is 3.35. The van der Waals surface area contributed by atoms with Crippen LogP contribution in [-0.2, 0) is 17.1 Å². The minimum Gasteiger partial charge on any atom is -0.333 e. The second-order valence-electron chi connectivity index (χ2n) is 5.12. The van der Waals surface area contributed by atoms with E-state index in [1.54, 1.807) is 29.2 Å². The highest BCUT2D eigenvalue weighted by atomic mass is 32.2. The number of carbonyl (C=O) groups excluding carboxylic acids is 1. The van der Waals surface area contributed by atoms with E-state index < -0.39 is 0 Å². The third-order valence-electron chi connectivity index (χ3n) is 3.21. The van der Waals surface area contributed by atoms with Gasteiger partial charge in [-0.25, -0.2) is 0 Å². The molecular formula is C18H21NOS2. The quantitative estimate of drug-likeness (QED) is 0.664. The second kappa shape index (κ2) is 8.81. The van der Waals surface area contributed by atoms with Crippen LogP contribution in [0.4, 0.5) is 0 Å². The van der Waals surface area contributed by atoms with E-state index in [2.05, 4.69) is 43.8 Å². The van der Waals surface area contributed by atoms with Crippen molar-refractivity contribution in [2.24, 2.45) is 0 Å². The molecule has 0 spiro atoms. The number of benzene rings is 1. The molecule has 0 saturated carbocycles. The van der Waals surface area contributed by atoms with Crippen LogP contribution in [0.25, 0.3) is 0 Å². The topological polar surface area (TPSA) is 20.3 Å². The Balaban J connectivity index is 1.84. The lowest BCUT2D eigenvalue weighted by Gasteiger charge is -2.20. The number of rotatable bonds is 8. The van der Waals surface area contributed by atoms with Crippen LogP contribution in [0.3, 0.4) is 0 Å². The SMILES string of the molecule is C=CCN(Cc1cccs1)C(=O)CSCc1cccc(C)c1. The van der Waals surface area contributed by atoms with Gasteiger partial charge in [-0.05, 0) is 23.9 Å². The largest absolute Gasteiger partial charge is 0.333 e. The molecule has 1 aromatic carbocycles. The van der Waals surface area contributed by atoms with Crippen LogP contribution in [0.1, 0.15) is 16.0 Å². The number of hydrogen-bond donors (Lipinski definition) is 0. The van der Waals surface area contributed by atoms with Gasteiger partial charge in [-0.1, -0.05) is 42.0 Å². The van der Waals surface area contributed by atoms with Gasteiger partial charge >= 0.3 is 0 Å². The maximum absolute atomic E-state index is 12.4. The third kappa shape index (κ3) is 5.35. The fraction of sp³-hybridized carbons (Fsp3) is 0.278. The number of thioether (sulfide) groups is 1. The first kappa shape index (κ1) is 16.8. The van der Waals surface area contributed by atoms with Crippen molar-refractivity contribution in [1.29, 1.82) is 0 Å². The Kier molecular flexibility index (Phi) is 6.74. The molecule has 0 aliphatic carbocycles. The number of hydrogen-bond acceptors (Lipinski definition) is 3. The van der Waals surface area contributed by atoms with E-state index in [0.29, 0.717) is 18.8 Å². The molecular weight excluding hydrogens is 310 g/mol. The molecule has 0 radical (unpaired) electrons. The van der Waals surface area contributed by atoms with Gasteiger partial charge in [0.2, 0.25) is 5.91 Å². The molecule has 1 heterocycles. The van der Waals surface area contributed by atoms with Crippen molar-refractivity contribution in [1.82, 2.24) is 4.90 Å². The zero-order valence-electron chi connectivity index (χ0n) is 12.8. The molecule has 0 fully saturated rings. The van der Waals surface area contributed by atoms with E-state index in [1.165, 1.54) is 16.0 Å². The Hall–Kier alpha value is -1.52. The number of thiophene rings is 1. The molecule has 0 N–H and O–H groups in total. The summed E-state index contributed by atoms with van der Waals surface area (Å²) in [5.41, 5.74) is 2.53. The van der Waals surface area contributed by atoms with Gasteiger partial charge in [0.05, 0.1) is 12.3 Å². The smallest absolute Gasteiger partial charge is 0.233 e. The Labute approximate surface area is 140 Å². The molecule has 116 valence electrons. The van der Waals surface area contributed by atoms with Crippen molar-refractivity contribution in [2.45, 2.75) is 19.2 Å². The summed E-state index contributed by atoms with van der Waals surface area (Å²) in [6.45, 7) is 7.11. The first-order chi connectivity index (χ1) is 10.7. The lowest BCUT2D eigenvalue weighted by atomic mass is 10.2. The van der Waals surface area contributed by atoms with Crippen molar-refractivity contribution in [3.8, 4) is 0 Å². The molecule has 22 heavy (non-hydrogen) atoms. The van der Waals surface area contributed by atoms with Gasteiger partial charge in [-0.2, -0.15) is 0 Å². The second-order valence-corrected chi connectivity index (χ2v) is 7.14. The van der Waals surface area contributed by atoms with Crippen molar-refractivity contribution in [3.63, 3.8) is 0 Å². The highest BCUT2D eigenvalue weighted by Gasteiger charge is 2.13. The van der Waals surface area contributed by atoms with Crippen LogP contribution in [0.15, 0.2) is 54.4 Å². The van der Waals surface area contributed by atoms with Crippen LogP contribution in [0.2, 0.25) is 0 Å². The maximum Gasteiger partial charge on any atom is 0.233 e. The molecule has 2 rings (SSSR count). The summed E-state index contributed by atoms with van der Waals surface area (Å²) < 4.78 is 0. The summed E-state index contributed by atoms with van der Waals surface area (Å²) in [5.74, 6) is 1.55. The van der Waals surface area contributed by atoms with E-state index in [1.807, 2.05) is 16.3 Å². The van der Waals surface area contributed by atoms with E-state index in [4.69, 9.17) is 0 Å². The molecule has 0 atom stereocenters. The molecule has 0 unspecified atom stereocenters. The van der Waals surface area contributed by atoms with Gasteiger partial charge < -0.3 is 4.90 Å². The molecule has 2 nitrogen and oxygen atoms in total. The van der Waals surface area contributed by atoms with E-state index in [-0.39, 0.29) is 5.91 Å². The van der Waals surface area contributed by atoms with E-state index in [0.717, 1.165) is 5.75 Å². The zero-order valence-corrected chi connectivity index (χ0v) is 14.5. The van der Waals surface area contributed by atoms with Crippen molar-refractivity contribution >= 4 is 29.0 Å². The summed E-state index contributed by atoms with van der Waals surface area (Å²) in [4.78, 5) is 15.4. The number of nitrogens with zero attached hydrogens (tertiary/aromatic N) is 1. The number of amides is 1. The first-order valence-corrected chi connectivity index (χ1v) is 9.27. The predicted molar refractivity (Wildman–Crippen MR) is 97.3 cm³/mol. The van der Waals surface area contributed by atoms with Crippen molar-refractivity contribution < 1.29 is 4.79 Å². The normalized spacial score (nSPS) is 10.4. The molecule has 0 aliphatic rings. The summed E-state index contributed by atoms with van der Waals surface area (Å²) in [5, 5.41) is 2.04. The Morgan fingerprint density at radius 3 is 2.91 bits per heavy atom. The van der Waals surface area contributed by atoms with Gasteiger partial charge in [0.1, 0.15) is 0 Å². The van der Waals surface area contributed by atoms with Gasteiger partial charge in [0.15, 0.2) is 0 Å². The molecule has 1 amide bonds. The molecule has 4 heteroatoms. The van der Waals surface area contributed by atoms with Crippen LogP contribution in [0.5, 0.6) is 0 Å². The van der Waals surface area contributed by atoms with Crippen LogP contribution >= 0.6 is 23.1 Å². The van der Waals surface area contributed by atoms with Gasteiger partial charge in [-0.15, -0.1) is 29.7 Å². The zero-order chi connectivity index (χ0) is 15.8. The van der Waals surface area contributed by atoms with Gasteiger partial charge in [0.25, 0.3) is 0 Å². The molecule has 0 saturated heterocycles. The third-order valence-corrected chi connectivity index (χ3v) is 5.06. The van der Waals surface area contributed by atoms with Gasteiger partial charge in [-0.3, -0.25) is 4.79 Å². The molecule has 0 aliphatic heterocycles. The summed E-state index contributed by atoms with van der Waals surface area (Å²) in [6.07, 6.45) is 1.79. The maximum atomic E-state index is 12.4. The first-order valence-electron chi connectivity index (χ1n) is 7.23. The van der Waals surface area contributed by atoms with Crippen LogP contribution in [0, 0.1) is 6.92 Å². The predicted octanol–water partition coefficient (Wildman–Crippen LogP) is 4.50. The highest BCUT2D eigenvalue weighted by molar-refractivity contribution is 7.99. The standard InChI is InChI=1S/C18H21NOS2/c1-3-9-19(12-17-8-5-10-22-17)18(20)14-21-13-16-7-4-6-15(2)11-16/h3-8,10-11H,1,9,12-14H2,2H3. The van der Waals surface area contributed by atoms with Crippen molar-refractivity contribution in [2.75, 3.05) is 12.3 Å². The van der Waals surface area contributed by atoms with Crippen molar-refractivity contribution in [3.05, 3.63) is 70.4 Å². The van der Waals surface area contributed by atoms with E-state index in [9.17, 15) is 4.79 Å². The summed E-state index contributed by atoms with van der Waals surface area (Å²) in [6, 6.07) is 12.5. The van der Waals surface area contributed by atoms with Crippen LogP contribution < -0.4 is 0 Å². The minimum atomic E-state index is 0.172. The molecule has 2 aromatic rings. The van der Waals surface area contributed by atoms with Crippen LogP contribution in [-0.4, -0.2) is 23.1 Å². The fourth-order valence-corrected chi connectivity index (χ4v) is 3.74. The fourth-order valence-electron chi connectivity index (χ4n) is 2.15. The Bertz CT molecular complexity index is 607. The molecule has 1 aromatic heterocycles. The minimum absolute atomic E-state index is 0.172. The molecule has 0 bridgehead atoms. The average Bonchev–Trinajstić information content (AvgIpc) is 3.00. The Morgan fingerprint density at radius 1 is 1.36 bits per heavy atom. The lowest BCUT2D eigenvalue weighted by molar-refractivity contribution is -0.128. The van der Waals surface area contributed by atoms with E-state index >= 15 is 0 Å². The average molecular weight is 332 g/mol.